The van der Waals surface area contributed by atoms with E-state index < -0.39 is 0 Å². The number of hydrogen-bond donors (Lipinski definition) is 1. The van der Waals surface area contributed by atoms with Crippen LogP contribution in [0.5, 0.6) is 5.75 Å². The monoisotopic (exact) mass is 327 g/mol. The molecule has 0 saturated heterocycles. The summed E-state index contributed by atoms with van der Waals surface area (Å²) in [5.41, 5.74) is 3.04. The first-order chi connectivity index (χ1) is 12.2. The molecule has 0 atom stereocenters. The van der Waals surface area contributed by atoms with Crippen LogP contribution in [0.3, 0.4) is 0 Å². The molecule has 0 fully saturated rings. The van der Waals surface area contributed by atoms with Crippen molar-refractivity contribution in [3.05, 3.63) is 95.6 Å². The van der Waals surface area contributed by atoms with Crippen molar-refractivity contribution in [2.24, 2.45) is 0 Å². The number of terminal acetylenes is 1. The Hall–Kier alpha value is -3.51. The molecular formula is C22H17NO2. The van der Waals surface area contributed by atoms with Crippen LogP contribution in [0.1, 0.15) is 21.5 Å². The molecule has 122 valence electrons. The summed E-state index contributed by atoms with van der Waals surface area (Å²) in [6.45, 7) is 0.491. The van der Waals surface area contributed by atoms with Crippen molar-refractivity contribution in [3.63, 3.8) is 0 Å². The van der Waals surface area contributed by atoms with Gasteiger partial charge in [0.2, 0.25) is 0 Å². The molecule has 0 bridgehead atoms. The van der Waals surface area contributed by atoms with Gasteiger partial charge in [-0.25, -0.2) is 0 Å². The molecular weight excluding hydrogens is 310 g/mol. The maximum Gasteiger partial charge on any atom is 0.255 e. The lowest BCUT2D eigenvalue weighted by atomic mass is 10.1. The third kappa shape index (κ3) is 4.49. The smallest absolute Gasteiger partial charge is 0.255 e. The van der Waals surface area contributed by atoms with Gasteiger partial charge in [0.15, 0.2) is 0 Å². The second-order valence-corrected chi connectivity index (χ2v) is 5.48. The number of anilines is 1. The van der Waals surface area contributed by atoms with E-state index in [1.807, 2.05) is 42.5 Å². The van der Waals surface area contributed by atoms with Crippen LogP contribution in [0.2, 0.25) is 0 Å². The molecule has 3 aromatic carbocycles. The van der Waals surface area contributed by atoms with E-state index in [1.54, 1.807) is 36.4 Å². The fourth-order valence-corrected chi connectivity index (χ4v) is 2.33. The van der Waals surface area contributed by atoms with E-state index in [1.165, 1.54) is 0 Å². The predicted molar refractivity (Wildman–Crippen MR) is 99.5 cm³/mol. The molecule has 3 rings (SSSR count). The Morgan fingerprint density at radius 1 is 0.960 bits per heavy atom. The maximum absolute atomic E-state index is 12.3. The van der Waals surface area contributed by atoms with Gasteiger partial charge in [-0.05, 0) is 48.0 Å². The van der Waals surface area contributed by atoms with Crippen LogP contribution in [0.4, 0.5) is 5.69 Å². The predicted octanol–water partition coefficient (Wildman–Crippen LogP) is 4.50. The highest BCUT2D eigenvalue weighted by Crippen LogP contribution is 2.16. The summed E-state index contributed by atoms with van der Waals surface area (Å²) in [6, 6.07) is 24.2. The van der Waals surface area contributed by atoms with Crippen molar-refractivity contribution in [1.82, 2.24) is 0 Å². The van der Waals surface area contributed by atoms with E-state index in [9.17, 15) is 4.79 Å². The highest BCUT2D eigenvalue weighted by atomic mass is 16.5. The summed E-state index contributed by atoms with van der Waals surface area (Å²) in [5, 5.41) is 2.83. The Morgan fingerprint density at radius 3 is 2.44 bits per heavy atom. The van der Waals surface area contributed by atoms with Crippen LogP contribution in [-0.4, -0.2) is 5.91 Å². The van der Waals surface area contributed by atoms with Crippen molar-refractivity contribution in [3.8, 4) is 18.1 Å². The van der Waals surface area contributed by atoms with Gasteiger partial charge in [0.25, 0.3) is 5.91 Å². The van der Waals surface area contributed by atoms with E-state index in [0.717, 1.165) is 16.9 Å². The molecule has 3 heteroatoms. The lowest BCUT2D eigenvalue weighted by molar-refractivity contribution is 0.102. The molecule has 0 aromatic heterocycles. The van der Waals surface area contributed by atoms with E-state index in [2.05, 4.69) is 11.2 Å². The number of hydrogen-bond acceptors (Lipinski definition) is 2. The number of carbonyl (C=O) groups is 1. The normalized spacial score (nSPS) is 9.88. The third-order valence-electron chi connectivity index (χ3n) is 3.65. The van der Waals surface area contributed by atoms with Crippen LogP contribution in [0.25, 0.3) is 0 Å². The summed E-state index contributed by atoms with van der Waals surface area (Å²) in [4.78, 5) is 12.3. The molecule has 3 nitrogen and oxygen atoms in total. The Kier molecular flexibility index (Phi) is 5.13. The van der Waals surface area contributed by atoms with Crippen molar-refractivity contribution in [2.45, 2.75) is 6.61 Å². The standard InChI is InChI=1S/C22H17NO2/c1-2-17-9-6-10-20(15-17)23-22(24)19-11-13-21(14-12-19)25-16-18-7-4-3-5-8-18/h1,3-15H,16H2,(H,23,24). The molecule has 0 aliphatic heterocycles. The molecule has 25 heavy (non-hydrogen) atoms. The number of rotatable bonds is 5. The van der Waals surface area contributed by atoms with Gasteiger partial charge in [-0.1, -0.05) is 42.3 Å². The largest absolute Gasteiger partial charge is 0.489 e. The van der Waals surface area contributed by atoms with Crippen LogP contribution >= 0.6 is 0 Å². The summed E-state index contributed by atoms with van der Waals surface area (Å²) in [6.07, 6.45) is 5.37. The third-order valence-corrected chi connectivity index (χ3v) is 3.65. The number of carbonyl (C=O) groups excluding carboxylic acids is 1. The van der Waals surface area contributed by atoms with Crippen molar-refractivity contribution in [1.29, 1.82) is 0 Å². The van der Waals surface area contributed by atoms with Crippen molar-refractivity contribution < 1.29 is 9.53 Å². The summed E-state index contributed by atoms with van der Waals surface area (Å²) in [5.74, 6) is 3.07. The molecule has 0 saturated carbocycles. The van der Waals surface area contributed by atoms with Gasteiger partial charge in [-0.3, -0.25) is 4.79 Å². The summed E-state index contributed by atoms with van der Waals surface area (Å²) in [7, 11) is 0. The lowest BCUT2D eigenvalue weighted by Gasteiger charge is -2.08. The lowest BCUT2D eigenvalue weighted by Crippen LogP contribution is -2.11. The van der Waals surface area contributed by atoms with Crippen molar-refractivity contribution >= 4 is 11.6 Å². The van der Waals surface area contributed by atoms with E-state index in [4.69, 9.17) is 11.2 Å². The minimum absolute atomic E-state index is 0.191. The molecule has 0 heterocycles. The summed E-state index contributed by atoms with van der Waals surface area (Å²) < 4.78 is 5.72. The van der Waals surface area contributed by atoms with Crippen LogP contribution in [0.15, 0.2) is 78.9 Å². The van der Waals surface area contributed by atoms with E-state index in [0.29, 0.717) is 17.9 Å². The van der Waals surface area contributed by atoms with Crippen molar-refractivity contribution in [2.75, 3.05) is 5.32 Å². The Morgan fingerprint density at radius 2 is 1.72 bits per heavy atom. The molecule has 0 aliphatic rings. The SMILES string of the molecule is C#Cc1cccc(NC(=O)c2ccc(OCc3ccccc3)cc2)c1. The van der Waals surface area contributed by atoms with E-state index >= 15 is 0 Å². The van der Waals surface area contributed by atoms with Gasteiger partial charge in [-0.15, -0.1) is 6.42 Å². The summed E-state index contributed by atoms with van der Waals surface area (Å²) >= 11 is 0. The molecule has 0 unspecified atom stereocenters. The van der Waals surface area contributed by atoms with Gasteiger partial charge in [-0.2, -0.15) is 0 Å². The first kappa shape index (κ1) is 16.4. The average Bonchev–Trinajstić information content (AvgIpc) is 2.67. The fraction of sp³-hybridized carbons (Fsp3) is 0.0455. The highest BCUT2D eigenvalue weighted by Gasteiger charge is 2.06. The van der Waals surface area contributed by atoms with Gasteiger partial charge in [0, 0.05) is 16.8 Å². The molecule has 0 radical (unpaired) electrons. The highest BCUT2D eigenvalue weighted by molar-refractivity contribution is 6.04. The average molecular weight is 327 g/mol. The first-order valence-corrected chi connectivity index (χ1v) is 7.89. The Bertz CT molecular complexity index is 893. The van der Waals surface area contributed by atoms with Gasteiger partial charge in [0.05, 0.1) is 0 Å². The zero-order valence-corrected chi connectivity index (χ0v) is 13.6. The number of amides is 1. The van der Waals surface area contributed by atoms with Crippen LogP contribution < -0.4 is 10.1 Å². The molecule has 0 spiro atoms. The fourth-order valence-electron chi connectivity index (χ4n) is 2.33. The quantitative estimate of drug-likeness (QED) is 0.701. The van der Waals surface area contributed by atoms with Gasteiger partial charge < -0.3 is 10.1 Å². The van der Waals surface area contributed by atoms with Gasteiger partial charge >= 0.3 is 0 Å². The maximum atomic E-state index is 12.3. The number of ether oxygens (including phenoxy) is 1. The molecule has 1 amide bonds. The van der Waals surface area contributed by atoms with Crippen LogP contribution in [-0.2, 0) is 6.61 Å². The zero-order valence-electron chi connectivity index (χ0n) is 13.6. The minimum atomic E-state index is -0.191. The zero-order chi connectivity index (χ0) is 17.5. The molecule has 3 aromatic rings. The topological polar surface area (TPSA) is 38.3 Å². The minimum Gasteiger partial charge on any atom is -0.489 e. The second kappa shape index (κ2) is 7.85. The molecule has 0 aliphatic carbocycles. The Labute approximate surface area is 147 Å². The Balaban J connectivity index is 1.61. The molecule has 1 N–H and O–H groups in total. The second-order valence-electron chi connectivity index (χ2n) is 5.48. The van der Waals surface area contributed by atoms with Gasteiger partial charge in [0.1, 0.15) is 12.4 Å². The first-order valence-electron chi connectivity index (χ1n) is 7.89. The van der Waals surface area contributed by atoms with Crippen LogP contribution in [0, 0.1) is 12.3 Å². The number of nitrogens with one attached hydrogen (secondary N) is 1. The number of benzene rings is 3. The van der Waals surface area contributed by atoms with E-state index in [-0.39, 0.29) is 5.91 Å².